The van der Waals surface area contributed by atoms with E-state index in [9.17, 15) is 8.42 Å². The molecule has 0 bridgehead atoms. The second-order valence-corrected chi connectivity index (χ2v) is 7.80. The minimum absolute atomic E-state index is 0.0189. The van der Waals surface area contributed by atoms with E-state index in [-0.39, 0.29) is 4.90 Å². The number of nitrogens with one attached hydrogen (secondary N) is 2. The molecule has 3 aromatic rings. The van der Waals surface area contributed by atoms with Gasteiger partial charge in [0.2, 0.25) is 0 Å². The summed E-state index contributed by atoms with van der Waals surface area (Å²) < 4.78 is 46.0. The number of nitrogens with zero attached hydrogens (tertiary/aromatic N) is 2. The van der Waals surface area contributed by atoms with E-state index in [1.54, 1.807) is 26.4 Å². The summed E-state index contributed by atoms with van der Waals surface area (Å²) in [5.41, 5.74) is 1.97. The second-order valence-electron chi connectivity index (χ2n) is 6.14. The van der Waals surface area contributed by atoms with Gasteiger partial charge in [-0.05, 0) is 30.3 Å². The lowest BCUT2D eigenvalue weighted by atomic mass is 10.1. The Bertz CT molecular complexity index is 1190. The molecule has 0 aliphatic carbocycles. The van der Waals surface area contributed by atoms with Gasteiger partial charge < -0.3 is 18.9 Å². The van der Waals surface area contributed by atoms with Gasteiger partial charge in [0.1, 0.15) is 0 Å². The Balaban J connectivity index is 1.82. The minimum Gasteiger partial charge on any atom is -0.493 e. The molecule has 0 atom stereocenters. The van der Waals surface area contributed by atoms with Crippen LogP contribution in [-0.2, 0) is 10.0 Å². The van der Waals surface area contributed by atoms with Crippen molar-refractivity contribution >= 4 is 16.2 Å². The fourth-order valence-electron chi connectivity index (χ4n) is 2.82. The highest BCUT2D eigenvalue weighted by atomic mass is 32.2. The van der Waals surface area contributed by atoms with Crippen LogP contribution in [-0.4, -0.2) is 53.3 Å². The summed E-state index contributed by atoms with van der Waals surface area (Å²) in [6.45, 7) is 0. The van der Waals surface area contributed by atoms with Gasteiger partial charge >= 0.3 is 0 Å². The van der Waals surface area contributed by atoms with Crippen molar-refractivity contribution in [2.24, 2.45) is 5.10 Å². The third-order valence-electron chi connectivity index (χ3n) is 4.38. The Hall–Kier alpha value is -3.73. The number of aromatic nitrogens is 2. The quantitative estimate of drug-likeness (QED) is 0.382. The van der Waals surface area contributed by atoms with Gasteiger partial charge in [-0.1, -0.05) is 0 Å². The van der Waals surface area contributed by atoms with E-state index in [0.717, 1.165) is 5.56 Å². The summed E-state index contributed by atoms with van der Waals surface area (Å²) in [6, 6.07) is 9.60. The number of rotatable bonds is 9. The Morgan fingerprint density at radius 3 is 2.16 bits per heavy atom. The SMILES string of the molecule is COc1ccc(-c2[nH]ncc2C=NNS(=O)(=O)c2ccc(OC)c(OC)c2)cc1OC. The Kier molecular flexibility index (Phi) is 6.65. The molecule has 0 unspecified atom stereocenters. The third kappa shape index (κ3) is 4.72. The number of hydrogen-bond acceptors (Lipinski definition) is 8. The highest BCUT2D eigenvalue weighted by molar-refractivity contribution is 7.89. The maximum Gasteiger partial charge on any atom is 0.276 e. The number of aromatic amines is 1. The van der Waals surface area contributed by atoms with Gasteiger partial charge in [0.25, 0.3) is 10.0 Å². The number of ether oxygens (including phenoxy) is 4. The predicted octanol–water partition coefficient (Wildman–Crippen LogP) is 2.42. The van der Waals surface area contributed by atoms with E-state index in [1.807, 2.05) is 6.07 Å². The van der Waals surface area contributed by atoms with Crippen LogP contribution in [0.2, 0.25) is 0 Å². The Morgan fingerprint density at radius 1 is 0.903 bits per heavy atom. The number of benzene rings is 2. The van der Waals surface area contributed by atoms with Gasteiger partial charge in [0.05, 0.1) is 51.4 Å². The van der Waals surface area contributed by atoms with Crippen LogP contribution in [0, 0.1) is 0 Å². The van der Waals surface area contributed by atoms with Crippen LogP contribution in [0.1, 0.15) is 5.56 Å². The smallest absolute Gasteiger partial charge is 0.276 e. The second kappa shape index (κ2) is 9.39. The van der Waals surface area contributed by atoms with Crippen molar-refractivity contribution in [3.05, 3.63) is 48.2 Å². The van der Waals surface area contributed by atoms with Gasteiger partial charge in [0, 0.05) is 17.2 Å². The van der Waals surface area contributed by atoms with Crippen molar-refractivity contribution in [3.8, 4) is 34.3 Å². The maximum atomic E-state index is 12.6. The van der Waals surface area contributed by atoms with Crippen LogP contribution < -0.4 is 23.8 Å². The van der Waals surface area contributed by atoms with Crippen molar-refractivity contribution in [2.45, 2.75) is 4.90 Å². The standard InChI is InChI=1S/C20H22N4O6S/c1-27-16-7-5-13(9-18(16)29-3)20-14(11-21-23-20)12-22-24-31(25,26)15-6-8-17(28-2)19(10-15)30-4/h5-12,24H,1-4H3,(H,21,23). The molecule has 0 saturated heterocycles. The van der Waals surface area contributed by atoms with Crippen LogP contribution in [0.15, 0.2) is 52.6 Å². The molecule has 1 aromatic heterocycles. The molecule has 0 aliphatic rings. The van der Waals surface area contributed by atoms with Crippen molar-refractivity contribution in [2.75, 3.05) is 28.4 Å². The largest absolute Gasteiger partial charge is 0.493 e. The zero-order valence-electron chi connectivity index (χ0n) is 17.4. The monoisotopic (exact) mass is 446 g/mol. The van der Waals surface area contributed by atoms with Gasteiger partial charge in [0.15, 0.2) is 23.0 Å². The molecule has 3 rings (SSSR count). The molecule has 0 spiro atoms. The fourth-order valence-corrected chi connectivity index (χ4v) is 3.62. The molecular weight excluding hydrogens is 424 g/mol. The lowest BCUT2D eigenvalue weighted by molar-refractivity contribution is 0.354. The van der Waals surface area contributed by atoms with Crippen molar-refractivity contribution in [3.63, 3.8) is 0 Å². The molecule has 164 valence electrons. The van der Waals surface area contributed by atoms with Crippen LogP contribution >= 0.6 is 0 Å². The number of hydrazone groups is 1. The molecule has 2 N–H and O–H groups in total. The van der Waals surface area contributed by atoms with E-state index in [4.69, 9.17) is 18.9 Å². The zero-order valence-corrected chi connectivity index (χ0v) is 18.2. The van der Waals surface area contributed by atoms with E-state index in [2.05, 4.69) is 20.1 Å². The van der Waals surface area contributed by atoms with Crippen molar-refractivity contribution in [1.82, 2.24) is 15.0 Å². The van der Waals surface area contributed by atoms with E-state index >= 15 is 0 Å². The highest BCUT2D eigenvalue weighted by Crippen LogP contribution is 2.32. The summed E-state index contributed by atoms with van der Waals surface area (Å²) in [7, 11) is 2.07. The highest BCUT2D eigenvalue weighted by Gasteiger charge is 2.16. The van der Waals surface area contributed by atoms with E-state index in [1.165, 1.54) is 44.8 Å². The normalized spacial score (nSPS) is 11.4. The first-order valence-electron chi connectivity index (χ1n) is 8.96. The third-order valence-corrected chi connectivity index (χ3v) is 5.60. The van der Waals surface area contributed by atoms with Crippen LogP contribution in [0.25, 0.3) is 11.3 Å². The van der Waals surface area contributed by atoms with Crippen molar-refractivity contribution < 1.29 is 27.4 Å². The predicted molar refractivity (Wildman–Crippen MR) is 115 cm³/mol. The molecule has 0 fully saturated rings. The average Bonchev–Trinajstić information content (AvgIpc) is 3.26. The molecule has 11 heteroatoms. The summed E-state index contributed by atoms with van der Waals surface area (Å²) in [5, 5.41) is 10.8. The van der Waals surface area contributed by atoms with E-state index < -0.39 is 10.0 Å². The molecule has 0 aliphatic heterocycles. The van der Waals surface area contributed by atoms with Gasteiger partial charge in [-0.3, -0.25) is 5.10 Å². The summed E-state index contributed by atoms with van der Waals surface area (Å²) >= 11 is 0. The lowest BCUT2D eigenvalue weighted by Crippen LogP contribution is -2.18. The summed E-state index contributed by atoms with van der Waals surface area (Å²) in [6.07, 6.45) is 2.88. The Morgan fingerprint density at radius 2 is 1.52 bits per heavy atom. The zero-order chi connectivity index (χ0) is 22.4. The van der Waals surface area contributed by atoms with Gasteiger partial charge in [-0.15, -0.1) is 0 Å². The first-order valence-corrected chi connectivity index (χ1v) is 10.4. The number of sulfonamides is 1. The molecule has 0 saturated carbocycles. The first-order chi connectivity index (χ1) is 14.9. The molecule has 0 radical (unpaired) electrons. The summed E-state index contributed by atoms with van der Waals surface area (Å²) in [4.78, 5) is 2.16. The maximum absolute atomic E-state index is 12.6. The number of H-pyrrole nitrogens is 1. The van der Waals surface area contributed by atoms with Gasteiger partial charge in [-0.25, -0.2) is 4.83 Å². The fraction of sp³-hybridized carbons (Fsp3) is 0.200. The van der Waals surface area contributed by atoms with E-state index in [0.29, 0.717) is 34.3 Å². The minimum atomic E-state index is -3.92. The van der Waals surface area contributed by atoms with Crippen LogP contribution in [0.4, 0.5) is 0 Å². The van der Waals surface area contributed by atoms with Crippen molar-refractivity contribution in [1.29, 1.82) is 0 Å². The molecule has 10 nitrogen and oxygen atoms in total. The average molecular weight is 446 g/mol. The molecule has 31 heavy (non-hydrogen) atoms. The molecule has 2 aromatic carbocycles. The molecule has 1 heterocycles. The molecular formula is C20H22N4O6S. The van der Waals surface area contributed by atoms with Crippen LogP contribution in [0.5, 0.6) is 23.0 Å². The topological polar surface area (TPSA) is 124 Å². The van der Waals surface area contributed by atoms with Gasteiger partial charge in [-0.2, -0.15) is 18.6 Å². The Labute approximate surface area is 179 Å². The summed E-state index contributed by atoms with van der Waals surface area (Å²) in [5.74, 6) is 1.85. The van der Waals surface area contributed by atoms with Crippen LogP contribution in [0.3, 0.4) is 0 Å². The first kappa shape index (κ1) is 22.0. The molecule has 0 amide bonds. The number of methoxy groups -OCH3 is 4. The lowest BCUT2D eigenvalue weighted by Gasteiger charge is -2.10. The number of hydrogen-bond donors (Lipinski definition) is 2.